The third-order valence-electron chi connectivity index (χ3n) is 0.330. The van der Waals surface area contributed by atoms with Gasteiger partial charge in [-0.15, -0.1) is 6.58 Å². The van der Waals surface area contributed by atoms with Crippen molar-refractivity contribution in [1.29, 1.82) is 0 Å². The van der Waals surface area contributed by atoms with Crippen LogP contribution in [0.25, 0.3) is 0 Å². The van der Waals surface area contributed by atoms with Gasteiger partial charge in [-0.1, -0.05) is 6.08 Å². The van der Waals surface area contributed by atoms with E-state index in [9.17, 15) is 13.0 Å². The Balaban J connectivity index is -0.000000177. The predicted octanol–water partition coefficient (Wildman–Crippen LogP) is -3.35. The zero-order valence-electron chi connectivity index (χ0n) is 7.19. The topological polar surface area (TPSA) is 86.7 Å². The van der Waals surface area contributed by atoms with Crippen LogP contribution < -0.4 is 29.6 Å². The maximum absolute atomic E-state index is 9.56. The van der Waals surface area contributed by atoms with Crippen LogP contribution in [0.5, 0.6) is 0 Å². The smallest absolute Gasteiger partial charge is 0.726 e. The number of hydrogen-bond donors (Lipinski definition) is 1. The third-order valence-corrected chi connectivity index (χ3v) is 0.755. The van der Waals surface area contributed by atoms with E-state index in [1.54, 1.807) is 6.92 Å². The van der Waals surface area contributed by atoms with Gasteiger partial charge < -0.3 is 9.66 Å². The van der Waals surface area contributed by atoms with Crippen molar-refractivity contribution in [2.75, 3.05) is 13.2 Å². The zero-order chi connectivity index (χ0) is 9.33. The number of aliphatic hydroxyl groups excluding tert-OH is 1. The zero-order valence-corrected chi connectivity index (χ0v) is 10.0. The van der Waals surface area contributed by atoms with E-state index in [4.69, 9.17) is 5.11 Å². The Morgan fingerprint density at radius 3 is 2.08 bits per heavy atom. The van der Waals surface area contributed by atoms with Crippen molar-refractivity contribution in [2.24, 2.45) is 0 Å². The first kappa shape index (κ1) is 18.4. The van der Waals surface area contributed by atoms with E-state index in [1.165, 1.54) is 6.08 Å². The molecule has 0 radical (unpaired) electrons. The molecule has 0 bridgehead atoms. The molecule has 7 heteroatoms. The van der Waals surface area contributed by atoms with Gasteiger partial charge in [-0.25, -0.2) is 8.42 Å². The summed E-state index contributed by atoms with van der Waals surface area (Å²) in [7, 11) is -4.51. The fourth-order valence-electron chi connectivity index (χ4n) is 0.131. The van der Waals surface area contributed by atoms with Gasteiger partial charge in [0.2, 0.25) is 10.4 Å². The van der Waals surface area contributed by atoms with E-state index < -0.39 is 10.4 Å². The Labute approximate surface area is 94.7 Å². The summed E-state index contributed by atoms with van der Waals surface area (Å²) in [5, 5.41) is 7.57. The maximum atomic E-state index is 9.56. The molecule has 0 heterocycles. The predicted molar refractivity (Wildman–Crippen MR) is 38.6 cm³/mol. The van der Waals surface area contributed by atoms with E-state index in [-0.39, 0.29) is 42.8 Å². The summed E-state index contributed by atoms with van der Waals surface area (Å²) in [4.78, 5) is 0. The van der Waals surface area contributed by atoms with Crippen molar-refractivity contribution in [3.05, 3.63) is 12.7 Å². The van der Waals surface area contributed by atoms with E-state index in [0.717, 1.165) is 0 Å². The Hall–Kier alpha value is 0.570. The average molecular weight is 206 g/mol. The summed E-state index contributed by atoms with van der Waals surface area (Å²) in [5.74, 6) is 0. The molecule has 0 aliphatic rings. The Bertz CT molecular complexity index is 176. The van der Waals surface area contributed by atoms with Crippen LogP contribution in [-0.2, 0) is 14.6 Å². The molecule has 0 atom stereocenters. The van der Waals surface area contributed by atoms with Gasteiger partial charge in [-0.05, 0) is 6.92 Å². The Kier molecular flexibility index (Phi) is 17.7. The van der Waals surface area contributed by atoms with Crippen LogP contribution in [0.4, 0.5) is 0 Å². The SMILES string of the molecule is C=CCOS(=O)(=O)[O-].CCO.[Na+]. The second-order valence-electron chi connectivity index (χ2n) is 1.30. The minimum absolute atomic E-state index is 0. The third kappa shape index (κ3) is 31.2. The maximum Gasteiger partial charge on any atom is 1.00 e. The molecule has 0 saturated heterocycles. The first-order chi connectivity index (χ1) is 4.97. The fraction of sp³-hybridized carbons (Fsp3) is 0.600. The molecule has 0 rings (SSSR count). The van der Waals surface area contributed by atoms with Gasteiger partial charge >= 0.3 is 29.6 Å². The van der Waals surface area contributed by atoms with Gasteiger partial charge in [-0.3, -0.25) is 4.18 Å². The second-order valence-corrected chi connectivity index (χ2v) is 2.35. The molecule has 0 aromatic carbocycles. The first-order valence-corrected chi connectivity index (χ1v) is 4.13. The molecule has 68 valence electrons. The van der Waals surface area contributed by atoms with Crippen LogP contribution in [0, 0.1) is 0 Å². The largest absolute Gasteiger partial charge is 1.00 e. The van der Waals surface area contributed by atoms with E-state index in [2.05, 4.69) is 10.8 Å². The van der Waals surface area contributed by atoms with Crippen molar-refractivity contribution in [1.82, 2.24) is 0 Å². The number of rotatable bonds is 3. The summed E-state index contributed by atoms with van der Waals surface area (Å²) < 4.78 is 32.4. The summed E-state index contributed by atoms with van der Waals surface area (Å²) >= 11 is 0. The van der Waals surface area contributed by atoms with Crippen LogP contribution in [0.15, 0.2) is 12.7 Å². The minimum atomic E-state index is -4.51. The van der Waals surface area contributed by atoms with Crippen molar-refractivity contribution in [3.8, 4) is 0 Å². The molecule has 0 saturated carbocycles. The summed E-state index contributed by atoms with van der Waals surface area (Å²) in [5.41, 5.74) is 0. The quantitative estimate of drug-likeness (QED) is 0.226. The van der Waals surface area contributed by atoms with E-state index in [0.29, 0.717) is 0 Å². The van der Waals surface area contributed by atoms with Crippen LogP contribution in [-0.4, -0.2) is 31.3 Å². The van der Waals surface area contributed by atoms with Gasteiger partial charge in [0.05, 0.1) is 6.61 Å². The van der Waals surface area contributed by atoms with E-state index in [1.807, 2.05) is 0 Å². The van der Waals surface area contributed by atoms with Crippen LogP contribution in [0.1, 0.15) is 6.92 Å². The molecule has 0 aliphatic carbocycles. The normalized spacial score (nSPS) is 8.92. The van der Waals surface area contributed by atoms with Gasteiger partial charge in [0.25, 0.3) is 0 Å². The molecule has 12 heavy (non-hydrogen) atoms. The van der Waals surface area contributed by atoms with Crippen molar-refractivity contribution < 1.29 is 51.8 Å². The monoisotopic (exact) mass is 206 g/mol. The molecular weight excluding hydrogens is 195 g/mol. The first-order valence-electron chi connectivity index (χ1n) is 2.80. The van der Waals surface area contributed by atoms with Crippen molar-refractivity contribution >= 4 is 10.4 Å². The summed E-state index contributed by atoms with van der Waals surface area (Å²) in [6, 6.07) is 0. The Morgan fingerprint density at radius 2 is 2.00 bits per heavy atom. The molecule has 0 aromatic heterocycles. The molecule has 5 nitrogen and oxygen atoms in total. The molecule has 0 unspecified atom stereocenters. The average Bonchev–Trinajstić information content (AvgIpc) is 1.84. The molecular formula is C5H11NaO5S. The van der Waals surface area contributed by atoms with Gasteiger partial charge in [0.15, 0.2) is 0 Å². The van der Waals surface area contributed by atoms with Gasteiger partial charge in [-0.2, -0.15) is 0 Å². The molecule has 0 spiro atoms. The van der Waals surface area contributed by atoms with Crippen molar-refractivity contribution in [2.45, 2.75) is 6.92 Å². The number of hydrogen-bond acceptors (Lipinski definition) is 5. The standard InChI is InChI=1S/C3H6O4S.C2H6O.Na/c1-2-3-7-8(4,5)6;1-2-3;/h2H,1,3H2,(H,4,5,6);3H,2H2,1H3;/q;;+1/p-1. The molecule has 0 aromatic rings. The molecule has 1 N–H and O–H groups in total. The van der Waals surface area contributed by atoms with Crippen molar-refractivity contribution in [3.63, 3.8) is 0 Å². The second kappa shape index (κ2) is 11.6. The summed E-state index contributed by atoms with van der Waals surface area (Å²) in [6.07, 6.45) is 1.18. The number of aliphatic hydroxyl groups is 1. The van der Waals surface area contributed by atoms with E-state index >= 15 is 0 Å². The van der Waals surface area contributed by atoms with Gasteiger partial charge in [0, 0.05) is 6.61 Å². The minimum Gasteiger partial charge on any atom is -0.726 e. The fourth-order valence-corrected chi connectivity index (χ4v) is 0.394. The van der Waals surface area contributed by atoms with Crippen LogP contribution in [0.2, 0.25) is 0 Å². The van der Waals surface area contributed by atoms with Crippen LogP contribution >= 0.6 is 0 Å². The summed E-state index contributed by atoms with van der Waals surface area (Å²) in [6.45, 7) is 4.81. The van der Waals surface area contributed by atoms with Gasteiger partial charge in [0.1, 0.15) is 0 Å². The van der Waals surface area contributed by atoms with Crippen LogP contribution in [0.3, 0.4) is 0 Å². The molecule has 0 aliphatic heterocycles. The Morgan fingerprint density at radius 1 is 1.67 bits per heavy atom. The molecule has 0 amide bonds. The molecule has 0 fully saturated rings.